The topological polar surface area (TPSA) is 52.6 Å². The molecular formula is C27H31ClO4. The van der Waals surface area contributed by atoms with Crippen LogP contribution >= 0.6 is 11.6 Å². The van der Waals surface area contributed by atoms with Crippen molar-refractivity contribution in [1.82, 2.24) is 0 Å². The zero-order valence-corrected chi connectivity index (χ0v) is 20.6. The van der Waals surface area contributed by atoms with Crippen LogP contribution in [0.15, 0.2) is 48.2 Å². The summed E-state index contributed by atoms with van der Waals surface area (Å²) in [6.07, 6.45) is 0.722. The van der Waals surface area contributed by atoms with Gasteiger partial charge in [0.15, 0.2) is 11.5 Å². The minimum atomic E-state index is -1.06. The highest BCUT2D eigenvalue weighted by molar-refractivity contribution is 6.30. The first kappa shape index (κ1) is 24.2. The Bertz CT molecular complexity index is 1080. The Morgan fingerprint density at radius 2 is 1.59 bits per heavy atom. The van der Waals surface area contributed by atoms with E-state index in [4.69, 9.17) is 21.1 Å². The van der Waals surface area contributed by atoms with Crippen LogP contribution in [0, 0.1) is 5.92 Å². The summed E-state index contributed by atoms with van der Waals surface area (Å²) in [4.78, 5) is 26.2. The van der Waals surface area contributed by atoms with Crippen molar-refractivity contribution in [3.63, 3.8) is 0 Å². The van der Waals surface area contributed by atoms with Crippen molar-refractivity contribution in [3.8, 4) is 11.1 Å². The van der Waals surface area contributed by atoms with E-state index in [9.17, 15) is 9.59 Å². The fourth-order valence-electron chi connectivity index (χ4n) is 4.01. The number of ketones is 1. The highest BCUT2D eigenvalue weighted by atomic mass is 35.5. The first-order chi connectivity index (χ1) is 14.9. The molecule has 0 saturated heterocycles. The van der Waals surface area contributed by atoms with Gasteiger partial charge >= 0.3 is 5.97 Å². The minimum absolute atomic E-state index is 0.202. The first-order valence-electron chi connectivity index (χ1n) is 11.0. The third-order valence-corrected chi connectivity index (χ3v) is 5.92. The predicted octanol–water partition coefficient (Wildman–Crippen LogP) is 6.64. The molecule has 32 heavy (non-hydrogen) atoms. The maximum atomic E-state index is 13.7. The van der Waals surface area contributed by atoms with E-state index >= 15 is 0 Å². The van der Waals surface area contributed by atoms with Crippen molar-refractivity contribution in [2.75, 3.05) is 0 Å². The molecule has 0 spiro atoms. The molecule has 1 aliphatic rings. The van der Waals surface area contributed by atoms with E-state index in [-0.39, 0.29) is 17.5 Å². The number of benzene rings is 2. The summed E-state index contributed by atoms with van der Waals surface area (Å²) < 4.78 is 12.0. The maximum absolute atomic E-state index is 13.7. The van der Waals surface area contributed by atoms with Gasteiger partial charge in [-0.1, -0.05) is 56.6 Å². The van der Waals surface area contributed by atoms with Gasteiger partial charge in [-0.15, -0.1) is 0 Å². The second-order valence-electron chi connectivity index (χ2n) is 9.46. The van der Waals surface area contributed by atoms with Crippen LogP contribution in [0.4, 0.5) is 0 Å². The lowest BCUT2D eigenvalue weighted by molar-refractivity contribution is -0.167. The summed E-state index contributed by atoms with van der Waals surface area (Å²) in [5, 5.41) is 0.660. The Morgan fingerprint density at radius 1 is 1.00 bits per heavy atom. The van der Waals surface area contributed by atoms with Gasteiger partial charge in [-0.2, -0.15) is 0 Å². The molecule has 1 heterocycles. The van der Waals surface area contributed by atoms with Crippen molar-refractivity contribution in [2.24, 2.45) is 5.92 Å². The summed E-state index contributed by atoms with van der Waals surface area (Å²) in [6.45, 7) is 12.8. The van der Waals surface area contributed by atoms with Gasteiger partial charge in [0.1, 0.15) is 11.2 Å². The number of halogens is 1. The van der Waals surface area contributed by atoms with Crippen LogP contribution in [-0.2, 0) is 25.5 Å². The molecular weight excluding hydrogens is 424 g/mol. The molecule has 0 bridgehead atoms. The average Bonchev–Trinajstić information content (AvgIpc) is 2.71. The SMILES string of the molecule is CCc1ccc(-c2ccc(Cl)cc2)cc1C1=C(OC(=O)C(C)C)C(C)(C)OC(C)(C)C1=O. The average molecular weight is 455 g/mol. The second kappa shape index (κ2) is 8.84. The first-order valence-corrected chi connectivity index (χ1v) is 11.4. The normalized spacial score (nSPS) is 17.6. The summed E-state index contributed by atoms with van der Waals surface area (Å²) >= 11 is 6.06. The number of carbonyl (C=O) groups excluding carboxylic acids is 2. The monoisotopic (exact) mass is 454 g/mol. The Kier molecular flexibility index (Phi) is 6.69. The molecule has 0 saturated carbocycles. The highest BCUT2D eigenvalue weighted by Gasteiger charge is 2.49. The predicted molar refractivity (Wildman–Crippen MR) is 128 cm³/mol. The smallest absolute Gasteiger partial charge is 0.313 e. The van der Waals surface area contributed by atoms with Crippen LogP contribution in [0.2, 0.25) is 5.02 Å². The molecule has 0 amide bonds. The molecule has 170 valence electrons. The minimum Gasteiger partial charge on any atom is -0.427 e. The van der Waals surface area contributed by atoms with Crippen molar-refractivity contribution >= 4 is 28.9 Å². The third-order valence-electron chi connectivity index (χ3n) is 5.67. The molecule has 1 aliphatic heterocycles. The van der Waals surface area contributed by atoms with E-state index in [1.165, 1.54) is 0 Å². The third kappa shape index (κ3) is 4.67. The zero-order valence-electron chi connectivity index (χ0n) is 19.8. The molecule has 2 aromatic carbocycles. The van der Waals surface area contributed by atoms with Crippen LogP contribution in [0.3, 0.4) is 0 Å². The van der Waals surface area contributed by atoms with Crippen molar-refractivity contribution in [2.45, 2.75) is 66.1 Å². The molecule has 0 atom stereocenters. The van der Waals surface area contributed by atoms with Gasteiger partial charge in [-0.05, 0) is 74.6 Å². The molecule has 0 aromatic heterocycles. The van der Waals surface area contributed by atoms with E-state index in [1.807, 2.05) is 63.2 Å². The molecule has 0 aliphatic carbocycles. The van der Waals surface area contributed by atoms with E-state index in [0.717, 1.165) is 28.7 Å². The number of esters is 1. The Hall–Kier alpha value is -2.43. The summed E-state index contributed by atoms with van der Waals surface area (Å²) in [7, 11) is 0. The van der Waals surface area contributed by atoms with Crippen molar-refractivity contribution in [1.29, 1.82) is 0 Å². The maximum Gasteiger partial charge on any atom is 0.313 e. The zero-order chi connectivity index (χ0) is 23.8. The second-order valence-corrected chi connectivity index (χ2v) is 9.90. The largest absolute Gasteiger partial charge is 0.427 e. The number of hydrogen-bond donors (Lipinski definition) is 0. The molecule has 5 heteroatoms. The summed E-state index contributed by atoms with van der Waals surface area (Å²) in [5.41, 5.74) is 2.09. The van der Waals surface area contributed by atoms with E-state index < -0.39 is 17.2 Å². The molecule has 2 aromatic rings. The Morgan fingerprint density at radius 3 is 2.16 bits per heavy atom. The quantitative estimate of drug-likeness (QED) is 0.475. The number of ether oxygens (including phenoxy) is 2. The highest BCUT2D eigenvalue weighted by Crippen LogP contribution is 2.43. The number of carbonyl (C=O) groups is 2. The summed E-state index contributed by atoms with van der Waals surface area (Å²) in [6, 6.07) is 13.6. The lowest BCUT2D eigenvalue weighted by atomic mass is 9.80. The van der Waals surface area contributed by atoms with Gasteiger partial charge in [0.25, 0.3) is 0 Å². The van der Waals surface area contributed by atoms with Gasteiger partial charge < -0.3 is 9.47 Å². The van der Waals surface area contributed by atoms with Crippen molar-refractivity contribution in [3.05, 3.63) is 64.4 Å². The van der Waals surface area contributed by atoms with E-state index in [2.05, 4.69) is 0 Å². The van der Waals surface area contributed by atoms with Gasteiger partial charge in [0, 0.05) is 5.02 Å². The molecule has 3 rings (SSSR count). The number of rotatable bonds is 5. The molecule has 0 unspecified atom stereocenters. The lowest BCUT2D eigenvalue weighted by Crippen LogP contribution is -2.50. The lowest BCUT2D eigenvalue weighted by Gasteiger charge is -2.42. The van der Waals surface area contributed by atoms with Crippen LogP contribution in [0.5, 0.6) is 0 Å². The van der Waals surface area contributed by atoms with Gasteiger partial charge in [-0.3, -0.25) is 9.59 Å². The van der Waals surface area contributed by atoms with Crippen LogP contribution < -0.4 is 0 Å². The number of aryl methyl sites for hydroxylation is 1. The van der Waals surface area contributed by atoms with Crippen LogP contribution in [-0.4, -0.2) is 23.0 Å². The van der Waals surface area contributed by atoms with Gasteiger partial charge in [0.05, 0.1) is 11.5 Å². The molecule has 4 nitrogen and oxygen atoms in total. The summed E-state index contributed by atoms with van der Waals surface area (Å²) in [5.74, 6) is -0.668. The van der Waals surface area contributed by atoms with E-state index in [1.54, 1.807) is 27.7 Å². The molecule has 0 fully saturated rings. The number of hydrogen-bond acceptors (Lipinski definition) is 4. The van der Waals surface area contributed by atoms with Gasteiger partial charge in [0.2, 0.25) is 0 Å². The molecule has 0 radical (unpaired) electrons. The van der Waals surface area contributed by atoms with E-state index in [0.29, 0.717) is 10.6 Å². The Balaban J connectivity index is 2.30. The van der Waals surface area contributed by atoms with Gasteiger partial charge in [-0.25, -0.2) is 0 Å². The van der Waals surface area contributed by atoms with Crippen LogP contribution in [0.1, 0.15) is 59.6 Å². The fraction of sp³-hybridized carbons (Fsp3) is 0.407. The van der Waals surface area contributed by atoms with Crippen molar-refractivity contribution < 1.29 is 19.1 Å². The fourth-order valence-corrected chi connectivity index (χ4v) is 4.14. The standard InChI is InChI=1S/C27H31ClO4/c1-8-17-9-10-19(18-11-13-20(28)14-12-18)15-21(17)22-23(29)26(4,5)32-27(6,7)24(22)31-25(30)16(2)3/h9-16H,8H2,1-7H3. The Labute approximate surface area is 195 Å². The number of Topliss-reactive ketones (excluding diaryl/α,β-unsaturated/α-hetero) is 1. The van der Waals surface area contributed by atoms with Crippen LogP contribution in [0.25, 0.3) is 16.7 Å². The molecule has 0 N–H and O–H groups in total.